The maximum Gasteiger partial charge on any atom is 0.337 e. The van der Waals surface area contributed by atoms with Crippen molar-refractivity contribution in [1.29, 1.82) is 0 Å². The van der Waals surface area contributed by atoms with Crippen molar-refractivity contribution < 1.29 is 19.1 Å². The maximum absolute atomic E-state index is 12.6. The molecule has 3 aromatic rings. The van der Waals surface area contributed by atoms with E-state index >= 15 is 0 Å². The van der Waals surface area contributed by atoms with Crippen LogP contribution in [0, 0.1) is 11.8 Å². The number of carbonyl (C=O) groups excluding carboxylic acids is 2. The van der Waals surface area contributed by atoms with Gasteiger partial charge in [0.05, 0.1) is 23.9 Å². The molecule has 0 saturated carbocycles. The number of rotatable bonds is 2. The second-order valence-electron chi connectivity index (χ2n) is 6.39. The highest BCUT2D eigenvalue weighted by Gasteiger charge is 2.21. The van der Waals surface area contributed by atoms with Gasteiger partial charge in [0.25, 0.3) is 5.91 Å². The van der Waals surface area contributed by atoms with Crippen LogP contribution in [0.5, 0.6) is 11.5 Å². The SMILES string of the molecule is COC(=O)c1ccc(C#CCc2cccc3c2NC(=O)c2ccccc2O3)cc1. The first-order valence-electron chi connectivity index (χ1n) is 9.03. The van der Waals surface area contributed by atoms with Gasteiger partial charge in [0.15, 0.2) is 5.75 Å². The van der Waals surface area contributed by atoms with Crippen molar-refractivity contribution in [2.75, 3.05) is 12.4 Å². The molecule has 1 amide bonds. The highest BCUT2D eigenvalue weighted by atomic mass is 16.5. The quantitative estimate of drug-likeness (QED) is 0.525. The molecule has 142 valence electrons. The lowest BCUT2D eigenvalue weighted by atomic mass is 10.1. The Morgan fingerprint density at radius 3 is 2.55 bits per heavy atom. The van der Waals surface area contributed by atoms with Crippen LogP contribution in [0.3, 0.4) is 0 Å². The Bertz CT molecular complexity index is 1150. The molecule has 5 heteroatoms. The van der Waals surface area contributed by atoms with Crippen molar-refractivity contribution in [3.63, 3.8) is 0 Å². The summed E-state index contributed by atoms with van der Waals surface area (Å²) in [6.45, 7) is 0. The van der Waals surface area contributed by atoms with Crippen LogP contribution in [0.15, 0.2) is 66.7 Å². The third kappa shape index (κ3) is 3.83. The minimum absolute atomic E-state index is 0.210. The van der Waals surface area contributed by atoms with Gasteiger partial charge >= 0.3 is 5.97 Å². The summed E-state index contributed by atoms with van der Waals surface area (Å²) in [6.07, 6.45) is 0.432. The van der Waals surface area contributed by atoms with Gasteiger partial charge in [0.1, 0.15) is 5.75 Å². The van der Waals surface area contributed by atoms with E-state index in [0.29, 0.717) is 34.7 Å². The van der Waals surface area contributed by atoms with Crippen LogP contribution in [0.25, 0.3) is 0 Å². The number of esters is 1. The molecule has 0 bridgehead atoms. The number of hydrogen-bond acceptors (Lipinski definition) is 4. The number of anilines is 1. The zero-order valence-electron chi connectivity index (χ0n) is 15.7. The molecule has 3 aromatic carbocycles. The molecule has 0 saturated heterocycles. The maximum atomic E-state index is 12.6. The lowest BCUT2D eigenvalue weighted by molar-refractivity contribution is 0.0600. The number of benzene rings is 3. The summed E-state index contributed by atoms with van der Waals surface area (Å²) in [5, 5.41) is 2.94. The number of para-hydroxylation sites is 2. The molecular weight excluding hydrogens is 366 g/mol. The van der Waals surface area contributed by atoms with E-state index in [4.69, 9.17) is 4.74 Å². The summed E-state index contributed by atoms with van der Waals surface area (Å²) in [5.41, 5.74) is 3.25. The fourth-order valence-corrected chi connectivity index (χ4v) is 3.04. The van der Waals surface area contributed by atoms with Crippen molar-refractivity contribution in [2.24, 2.45) is 0 Å². The van der Waals surface area contributed by atoms with E-state index in [1.54, 1.807) is 42.5 Å². The van der Waals surface area contributed by atoms with Gasteiger partial charge in [-0.05, 0) is 48.0 Å². The van der Waals surface area contributed by atoms with Crippen molar-refractivity contribution in [3.8, 4) is 23.3 Å². The molecule has 0 fully saturated rings. The molecule has 0 aromatic heterocycles. The van der Waals surface area contributed by atoms with E-state index in [0.717, 1.165) is 11.1 Å². The molecule has 0 radical (unpaired) electrons. The molecule has 1 aliphatic heterocycles. The van der Waals surface area contributed by atoms with Gasteiger partial charge in [-0.1, -0.05) is 36.1 Å². The Balaban J connectivity index is 1.57. The van der Waals surface area contributed by atoms with E-state index in [9.17, 15) is 9.59 Å². The Morgan fingerprint density at radius 1 is 1.00 bits per heavy atom. The summed E-state index contributed by atoms with van der Waals surface area (Å²) < 4.78 is 10.6. The van der Waals surface area contributed by atoms with Gasteiger partial charge in [0.2, 0.25) is 0 Å². The number of amides is 1. The number of carbonyl (C=O) groups is 2. The molecule has 29 heavy (non-hydrogen) atoms. The number of fused-ring (bicyclic) bond motifs is 2. The predicted octanol–water partition coefficient (Wildman–Crippen LogP) is 4.43. The van der Waals surface area contributed by atoms with Crippen LogP contribution in [0.2, 0.25) is 0 Å². The molecule has 0 spiro atoms. The van der Waals surface area contributed by atoms with Crippen LogP contribution >= 0.6 is 0 Å². The van der Waals surface area contributed by atoms with E-state index in [2.05, 4.69) is 21.9 Å². The molecule has 1 aliphatic rings. The van der Waals surface area contributed by atoms with E-state index < -0.39 is 0 Å². The molecule has 4 rings (SSSR count). The van der Waals surface area contributed by atoms with Crippen molar-refractivity contribution in [3.05, 3.63) is 89.0 Å². The molecule has 0 aliphatic carbocycles. The summed E-state index contributed by atoms with van der Waals surface area (Å²) in [7, 11) is 1.35. The Morgan fingerprint density at radius 2 is 1.76 bits per heavy atom. The van der Waals surface area contributed by atoms with Crippen molar-refractivity contribution in [2.45, 2.75) is 6.42 Å². The summed E-state index contributed by atoms with van der Waals surface area (Å²) in [6, 6.07) is 19.6. The van der Waals surface area contributed by atoms with Gasteiger partial charge < -0.3 is 14.8 Å². The van der Waals surface area contributed by atoms with E-state index in [1.165, 1.54) is 7.11 Å². The lowest BCUT2D eigenvalue weighted by Gasteiger charge is -2.10. The average molecular weight is 383 g/mol. The minimum atomic E-state index is -0.381. The van der Waals surface area contributed by atoms with Gasteiger partial charge in [-0.15, -0.1) is 0 Å². The first-order valence-corrected chi connectivity index (χ1v) is 9.03. The standard InChI is InChI=1S/C24H17NO4/c1-28-24(27)18-14-12-16(13-15-18)6-4-7-17-8-5-11-21-22(17)25-23(26)19-9-2-3-10-20(19)29-21/h2-3,5,8-15H,7H2,1H3,(H,25,26). The van der Waals surface area contributed by atoms with Crippen LogP contribution in [0.1, 0.15) is 31.8 Å². The molecule has 0 atom stereocenters. The molecule has 1 N–H and O–H groups in total. The smallest absolute Gasteiger partial charge is 0.337 e. The van der Waals surface area contributed by atoms with Gasteiger partial charge in [-0.3, -0.25) is 4.79 Å². The highest BCUT2D eigenvalue weighted by molar-refractivity contribution is 6.08. The Kier molecular flexibility index (Phi) is 5.00. The summed E-state index contributed by atoms with van der Waals surface area (Å²) >= 11 is 0. The summed E-state index contributed by atoms with van der Waals surface area (Å²) in [4.78, 5) is 24.1. The minimum Gasteiger partial charge on any atom is -0.465 e. The van der Waals surface area contributed by atoms with Gasteiger partial charge in [0, 0.05) is 12.0 Å². The van der Waals surface area contributed by atoms with Crippen LogP contribution < -0.4 is 10.1 Å². The largest absolute Gasteiger partial charge is 0.465 e. The van der Waals surface area contributed by atoms with Gasteiger partial charge in [-0.2, -0.15) is 0 Å². The molecular formula is C24H17NO4. The lowest BCUT2D eigenvalue weighted by Crippen LogP contribution is -2.11. The molecule has 1 heterocycles. The van der Waals surface area contributed by atoms with Crippen molar-refractivity contribution in [1.82, 2.24) is 0 Å². The second kappa shape index (κ2) is 7.91. The first kappa shape index (κ1) is 18.3. The second-order valence-corrected chi connectivity index (χ2v) is 6.39. The summed E-state index contributed by atoms with van der Waals surface area (Å²) in [5.74, 6) is 6.71. The van der Waals surface area contributed by atoms with Gasteiger partial charge in [-0.25, -0.2) is 4.79 Å². The van der Waals surface area contributed by atoms with Crippen molar-refractivity contribution >= 4 is 17.6 Å². The number of nitrogens with one attached hydrogen (secondary N) is 1. The average Bonchev–Trinajstić information content (AvgIpc) is 2.90. The van der Waals surface area contributed by atoms with E-state index in [1.807, 2.05) is 24.3 Å². The highest BCUT2D eigenvalue weighted by Crippen LogP contribution is 2.37. The number of methoxy groups -OCH3 is 1. The zero-order valence-corrected chi connectivity index (χ0v) is 15.7. The third-order valence-electron chi connectivity index (χ3n) is 4.52. The Hall–Kier alpha value is -4.04. The van der Waals surface area contributed by atoms with Crippen LogP contribution in [-0.2, 0) is 11.2 Å². The Labute approximate surface area is 168 Å². The first-order chi connectivity index (χ1) is 14.2. The predicted molar refractivity (Wildman–Crippen MR) is 109 cm³/mol. The molecule has 5 nitrogen and oxygen atoms in total. The zero-order chi connectivity index (χ0) is 20.2. The van der Waals surface area contributed by atoms with Crippen LogP contribution in [-0.4, -0.2) is 19.0 Å². The molecule has 0 unspecified atom stereocenters. The third-order valence-corrected chi connectivity index (χ3v) is 4.52. The monoisotopic (exact) mass is 383 g/mol. The van der Waals surface area contributed by atoms with Crippen LogP contribution in [0.4, 0.5) is 5.69 Å². The normalized spacial score (nSPS) is 11.6. The topological polar surface area (TPSA) is 64.6 Å². The number of ether oxygens (including phenoxy) is 2. The van der Waals surface area contributed by atoms with E-state index in [-0.39, 0.29) is 11.9 Å². The number of hydrogen-bond donors (Lipinski definition) is 1. The fourth-order valence-electron chi connectivity index (χ4n) is 3.04. The fraction of sp³-hybridized carbons (Fsp3) is 0.0833.